The zero-order chi connectivity index (χ0) is 22.9. The molecule has 9 heteroatoms. The lowest BCUT2D eigenvalue weighted by Gasteiger charge is -2.16. The molecule has 2 aromatic carbocycles. The molecule has 0 radical (unpaired) electrons. The van der Waals surface area contributed by atoms with Gasteiger partial charge in [-0.1, -0.05) is 42.5 Å². The molecule has 0 saturated heterocycles. The van der Waals surface area contributed by atoms with Gasteiger partial charge in [0.2, 0.25) is 11.8 Å². The van der Waals surface area contributed by atoms with Crippen LogP contribution in [-0.4, -0.2) is 28.2 Å². The first-order chi connectivity index (χ1) is 15.2. The Morgan fingerprint density at radius 2 is 1.62 bits per heavy atom. The van der Waals surface area contributed by atoms with Gasteiger partial charge in [0.15, 0.2) is 0 Å². The number of ether oxygens (including phenoxy) is 1. The Balaban J connectivity index is 1.84. The van der Waals surface area contributed by atoms with Gasteiger partial charge in [0.05, 0.1) is 11.9 Å². The number of sulfonamides is 1. The third kappa shape index (κ3) is 4.33. The Hall–Kier alpha value is -3.72. The standard InChI is InChI=1S/C23H23N5O3S/c1-15-9-5-7-11-19(15)21-17(3)22(31-20-12-8-6-10-16(20)2)26-23(25-21)27-32(29,30)18-13-24-28(4)14-18/h5-14H,1-4H3,(H,25,26,27). The van der Waals surface area contributed by atoms with E-state index in [1.165, 1.54) is 17.1 Å². The highest BCUT2D eigenvalue weighted by Gasteiger charge is 2.22. The van der Waals surface area contributed by atoms with Gasteiger partial charge in [-0.25, -0.2) is 18.1 Å². The molecular formula is C23H23N5O3S. The van der Waals surface area contributed by atoms with Gasteiger partial charge in [0.25, 0.3) is 10.0 Å². The van der Waals surface area contributed by atoms with Crippen LogP contribution in [0, 0.1) is 20.8 Å². The number of hydrogen-bond acceptors (Lipinski definition) is 6. The molecule has 0 aliphatic rings. The van der Waals surface area contributed by atoms with Gasteiger partial charge in [-0.05, 0) is 38.0 Å². The number of para-hydroxylation sites is 1. The number of nitrogens with zero attached hydrogens (tertiary/aromatic N) is 4. The van der Waals surface area contributed by atoms with Crippen molar-refractivity contribution < 1.29 is 13.2 Å². The number of hydrogen-bond donors (Lipinski definition) is 1. The molecule has 0 aliphatic heterocycles. The first-order valence-corrected chi connectivity index (χ1v) is 11.4. The topological polar surface area (TPSA) is 99.0 Å². The maximum atomic E-state index is 12.9. The van der Waals surface area contributed by atoms with Crippen molar-refractivity contribution in [2.75, 3.05) is 4.72 Å². The van der Waals surface area contributed by atoms with Crippen LogP contribution in [0.5, 0.6) is 11.6 Å². The van der Waals surface area contributed by atoms with Crippen LogP contribution in [0.1, 0.15) is 16.7 Å². The molecule has 2 heterocycles. The third-order valence-electron chi connectivity index (χ3n) is 5.02. The summed E-state index contributed by atoms with van der Waals surface area (Å²) in [4.78, 5) is 8.94. The van der Waals surface area contributed by atoms with E-state index >= 15 is 0 Å². The summed E-state index contributed by atoms with van der Waals surface area (Å²) in [5.74, 6) is 0.823. The number of rotatable bonds is 6. The second kappa shape index (κ2) is 8.43. The highest BCUT2D eigenvalue weighted by atomic mass is 32.2. The minimum Gasteiger partial charge on any atom is -0.438 e. The lowest BCUT2D eigenvalue weighted by molar-refractivity contribution is 0.455. The van der Waals surface area contributed by atoms with Gasteiger partial charge in [-0.2, -0.15) is 10.1 Å². The van der Waals surface area contributed by atoms with Crippen LogP contribution in [0.25, 0.3) is 11.3 Å². The lowest BCUT2D eigenvalue weighted by atomic mass is 10.0. The molecule has 0 saturated carbocycles. The van der Waals surface area contributed by atoms with Crippen LogP contribution < -0.4 is 9.46 Å². The quantitative estimate of drug-likeness (QED) is 0.469. The third-order valence-corrected chi connectivity index (χ3v) is 6.30. The van der Waals surface area contributed by atoms with Crippen molar-refractivity contribution >= 4 is 16.0 Å². The summed E-state index contributed by atoms with van der Waals surface area (Å²) in [5.41, 5.74) is 4.08. The predicted octanol–water partition coefficient (Wildman–Crippen LogP) is 4.40. The molecule has 0 spiro atoms. The lowest BCUT2D eigenvalue weighted by Crippen LogP contribution is -2.15. The summed E-state index contributed by atoms with van der Waals surface area (Å²) in [6.07, 6.45) is 2.67. The molecule has 0 bridgehead atoms. The predicted molar refractivity (Wildman–Crippen MR) is 122 cm³/mol. The van der Waals surface area contributed by atoms with Crippen LogP contribution in [-0.2, 0) is 17.1 Å². The van der Waals surface area contributed by atoms with Crippen molar-refractivity contribution in [3.8, 4) is 22.9 Å². The van der Waals surface area contributed by atoms with Crippen LogP contribution in [0.2, 0.25) is 0 Å². The Kier molecular flexibility index (Phi) is 5.67. The van der Waals surface area contributed by atoms with E-state index in [-0.39, 0.29) is 16.7 Å². The van der Waals surface area contributed by atoms with E-state index < -0.39 is 10.0 Å². The van der Waals surface area contributed by atoms with Crippen molar-refractivity contribution in [2.45, 2.75) is 25.7 Å². The first-order valence-electron chi connectivity index (χ1n) is 9.94. The van der Waals surface area contributed by atoms with E-state index in [9.17, 15) is 8.42 Å². The molecule has 0 atom stereocenters. The Morgan fingerprint density at radius 3 is 2.28 bits per heavy atom. The maximum absolute atomic E-state index is 12.9. The van der Waals surface area contributed by atoms with E-state index in [1.54, 1.807) is 7.05 Å². The number of anilines is 1. The molecule has 32 heavy (non-hydrogen) atoms. The number of aromatic nitrogens is 4. The normalized spacial score (nSPS) is 11.4. The second-order valence-electron chi connectivity index (χ2n) is 7.46. The van der Waals surface area contributed by atoms with Gasteiger partial charge in [-0.15, -0.1) is 0 Å². The number of nitrogens with one attached hydrogen (secondary N) is 1. The van der Waals surface area contributed by atoms with Gasteiger partial charge in [-0.3, -0.25) is 4.68 Å². The highest BCUT2D eigenvalue weighted by Crippen LogP contribution is 2.34. The monoisotopic (exact) mass is 449 g/mol. The SMILES string of the molecule is Cc1ccccc1Oc1nc(NS(=O)(=O)c2cnn(C)c2)nc(-c2ccccc2C)c1C. The molecule has 8 nitrogen and oxygen atoms in total. The zero-order valence-corrected chi connectivity index (χ0v) is 19.0. The Labute approximate surface area is 187 Å². The summed E-state index contributed by atoms with van der Waals surface area (Å²) in [6.45, 7) is 5.76. The van der Waals surface area contributed by atoms with E-state index in [0.29, 0.717) is 17.0 Å². The minimum absolute atomic E-state index is 0.0167. The highest BCUT2D eigenvalue weighted by molar-refractivity contribution is 7.92. The Morgan fingerprint density at radius 1 is 0.938 bits per heavy atom. The molecule has 0 unspecified atom stereocenters. The average molecular weight is 450 g/mol. The fourth-order valence-corrected chi connectivity index (χ4v) is 4.16. The molecular weight excluding hydrogens is 426 g/mol. The van der Waals surface area contributed by atoms with E-state index in [1.807, 2.05) is 69.3 Å². The van der Waals surface area contributed by atoms with Crippen LogP contribution >= 0.6 is 0 Å². The molecule has 0 aliphatic carbocycles. The van der Waals surface area contributed by atoms with E-state index in [0.717, 1.165) is 16.7 Å². The van der Waals surface area contributed by atoms with Gasteiger partial charge < -0.3 is 4.74 Å². The van der Waals surface area contributed by atoms with Gasteiger partial charge in [0.1, 0.15) is 10.6 Å². The van der Waals surface area contributed by atoms with Crippen molar-refractivity contribution in [3.63, 3.8) is 0 Å². The fraction of sp³-hybridized carbons (Fsp3) is 0.174. The first kappa shape index (κ1) is 21.5. The molecule has 164 valence electrons. The molecule has 4 rings (SSSR count). The summed E-state index contributed by atoms with van der Waals surface area (Å²) in [6, 6.07) is 15.3. The van der Waals surface area contributed by atoms with Crippen LogP contribution in [0.15, 0.2) is 65.8 Å². The van der Waals surface area contributed by atoms with Crippen molar-refractivity contribution in [1.82, 2.24) is 19.7 Å². The van der Waals surface area contributed by atoms with E-state index in [2.05, 4.69) is 19.8 Å². The molecule has 0 amide bonds. The van der Waals surface area contributed by atoms with Crippen LogP contribution in [0.4, 0.5) is 5.95 Å². The van der Waals surface area contributed by atoms with Crippen molar-refractivity contribution in [2.24, 2.45) is 7.05 Å². The van der Waals surface area contributed by atoms with Crippen molar-refractivity contribution in [3.05, 3.63) is 77.6 Å². The second-order valence-corrected chi connectivity index (χ2v) is 9.15. The molecule has 1 N–H and O–H groups in total. The number of benzene rings is 2. The average Bonchev–Trinajstić information content (AvgIpc) is 3.20. The smallest absolute Gasteiger partial charge is 0.267 e. The van der Waals surface area contributed by atoms with Gasteiger partial charge in [0, 0.05) is 24.4 Å². The van der Waals surface area contributed by atoms with Crippen LogP contribution in [0.3, 0.4) is 0 Å². The number of aryl methyl sites for hydroxylation is 3. The Bertz CT molecular complexity index is 1400. The molecule has 0 fully saturated rings. The molecule has 4 aromatic rings. The summed E-state index contributed by atoms with van der Waals surface area (Å²) >= 11 is 0. The maximum Gasteiger partial charge on any atom is 0.267 e. The fourth-order valence-electron chi connectivity index (χ4n) is 3.23. The summed E-state index contributed by atoms with van der Waals surface area (Å²) in [5, 5.41) is 3.93. The summed E-state index contributed by atoms with van der Waals surface area (Å²) < 4.78 is 35.7. The van der Waals surface area contributed by atoms with E-state index in [4.69, 9.17) is 4.74 Å². The molecule has 2 aromatic heterocycles. The minimum atomic E-state index is -3.93. The van der Waals surface area contributed by atoms with Gasteiger partial charge >= 0.3 is 0 Å². The summed E-state index contributed by atoms with van der Waals surface area (Å²) in [7, 11) is -2.28. The largest absolute Gasteiger partial charge is 0.438 e. The zero-order valence-electron chi connectivity index (χ0n) is 18.2. The van der Waals surface area contributed by atoms with Crippen molar-refractivity contribution in [1.29, 1.82) is 0 Å².